The van der Waals surface area contributed by atoms with Crippen LogP contribution >= 0.6 is 0 Å². The van der Waals surface area contributed by atoms with E-state index in [-0.39, 0.29) is 29.7 Å². The van der Waals surface area contributed by atoms with E-state index in [1.807, 2.05) is 67.2 Å². The molecule has 1 atom stereocenters. The third-order valence-corrected chi connectivity index (χ3v) is 6.03. The van der Waals surface area contributed by atoms with E-state index in [9.17, 15) is 14.4 Å². The summed E-state index contributed by atoms with van der Waals surface area (Å²) in [5.41, 5.74) is 1.66. The van der Waals surface area contributed by atoms with Gasteiger partial charge in [-0.2, -0.15) is 0 Å². The van der Waals surface area contributed by atoms with Gasteiger partial charge in [-0.15, -0.1) is 0 Å². The molecular formula is C23H28N4O3. The number of piperazine rings is 1. The minimum atomic E-state index is -0.261. The van der Waals surface area contributed by atoms with Crippen molar-refractivity contribution in [3.8, 4) is 5.69 Å². The minimum absolute atomic E-state index is 0.0109. The molecular weight excluding hydrogens is 380 g/mol. The summed E-state index contributed by atoms with van der Waals surface area (Å²) in [4.78, 5) is 43.2. The Balaban J connectivity index is 1.32. The van der Waals surface area contributed by atoms with Gasteiger partial charge in [0.05, 0.1) is 5.92 Å². The van der Waals surface area contributed by atoms with Gasteiger partial charge in [0.2, 0.25) is 11.8 Å². The molecule has 7 nitrogen and oxygen atoms in total. The zero-order valence-electron chi connectivity index (χ0n) is 17.5. The molecule has 0 saturated carbocycles. The number of benzene rings is 1. The van der Waals surface area contributed by atoms with Crippen LogP contribution in [0.25, 0.3) is 5.69 Å². The lowest BCUT2D eigenvalue weighted by Crippen LogP contribution is -2.52. The van der Waals surface area contributed by atoms with Crippen LogP contribution in [0.15, 0.2) is 48.8 Å². The van der Waals surface area contributed by atoms with Gasteiger partial charge in [0.25, 0.3) is 5.91 Å². The fraction of sp³-hybridized carbons (Fsp3) is 0.435. The van der Waals surface area contributed by atoms with Gasteiger partial charge in [-0.25, -0.2) is 0 Å². The van der Waals surface area contributed by atoms with Crippen LogP contribution in [-0.4, -0.2) is 75.8 Å². The SMILES string of the molecule is CC(C)N1CC(C(=O)N2CCN(C(=O)c3ccc(-n4cccc4)cc3)CC2)CC1=O. The molecule has 1 aromatic carbocycles. The Kier molecular flexibility index (Phi) is 5.61. The van der Waals surface area contributed by atoms with Gasteiger partial charge in [0.1, 0.15) is 0 Å². The van der Waals surface area contributed by atoms with Crippen molar-refractivity contribution in [2.45, 2.75) is 26.3 Å². The van der Waals surface area contributed by atoms with Crippen LogP contribution in [0.5, 0.6) is 0 Å². The Labute approximate surface area is 176 Å². The highest BCUT2D eigenvalue weighted by molar-refractivity contribution is 5.95. The van der Waals surface area contributed by atoms with Crippen molar-refractivity contribution < 1.29 is 14.4 Å². The van der Waals surface area contributed by atoms with E-state index in [1.54, 1.807) is 14.7 Å². The van der Waals surface area contributed by atoms with Crippen LogP contribution in [0.2, 0.25) is 0 Å². The zero-order chi connectivity index (χ0) is 21.3. The molecule has 4 rings (SSSR count). The Morgan fingerprint density at radius 3 is 2.10 bits per heavy atom. The summed E-state index contributed by atoms with van der Waals surface area (Å²) < 4.78 is 1.99. The van der Waals surface area contributed by atoms with Gasteiger partial charge >= 0.3 is 0 Å². The van der Waals surface area contributed by atoms with Gasteiger partial charge in [0, 0.05) is 68.8 Å². The number of hydrogen-bond donors (Lipinski definition) is 0. The van der Waals surface area contributed by atoms with Gasteiger partial charge < -0.3 is 19.3 Å². The summed E-state index contributed by atoms with van der Waals surface area (Å²) in [6.45, 7) is 6.50. The molecule has 1 aromatic heterocycles. The van der Waals surface area contributed by atoms with Crippen molar-refractivity contribution in [2.75, 3.05) is 32.7 Å². The lowest BCUT2D eigenvalue weighted by Gasteiger charge is -2.36. The molecule has 2 fully saturated rings. The first-order valence-corrected chi connectivity index (χ1v) is 10.5. The lowest BCUT2D eigenvalue weighted by atomic mass is 10.1. The summed E-state index contributed by atoms with van der Waals surface area (Å²) >= 11 is 0. The molecule has 158 valence electrons. The van der Waals surface area contributed by atoms with Gasteiger partial charge in [-0.05, 0) is 50.2 Å². The van der Waals surface area contributed by atoms with E-state index >= 15 is 0 Å². The van der Waals surface area contributed by atoms with E-state index in [0.717, 1.165) is 5.69 Å². The van der Waals surface area contributed by atoms with Crippen LogP contribution < -0.4 is 0 Å². The average molecular weight is 409 g/mol. The third kappa shape index (κ3) is 3.97. The normalized spacial score (nSPS) is 19.6. The van der Waals surface area contributed by atoms with Crippen molar-refractivity contribution in [3.05, 3.63) is 54.4 Å². The minimum Gasteiger partial charge on any atom is -0.339 e. The van der Waals surface area contributed by atoms with E-state index in [4.69, 9.17) is 0 Å². The second kappa shape index (κ2) is 8.34. The highest BCUT2D eigenvalue weighted by Gasteiger charge is 2.38. The predicted molar refractivity (Wildman–Crippen MR) is 113 cm³/mol. The summed E-state index contributed by atoms with van der Waals surface area (Å²) in [5, 5.41) is 0. The van der Waals surface area contributed by atoms with Gasteiger partial charge in [-0.1, -0.05) is 0 Å². The highest BCUT2D eigenvalue weighted by atomic mass is 16.2. The monoisotopic (exact) mass is 408 g/mol. The molecule has 3 heterocycles. The van der Waals surface area contributed by atoms with Crippen molar-refractivity contribution >= 4 is 17.7 Å². The number of rotatable bonds is 4. The summed E-state index contributed by atoms with van der Waals surface area (Å²) in [7, 11) is 0. The number of amides is 3. The molecule has 3 amide bonds. The standard InChI is InChI=1S/C23H28N4O3/c1-17(2)27-16-19(15-21(27)28)23(30)26-13-11-25(12-14-26)22(29)18-5-7-20(8-6-18)24-9-3-4-10-24/h3-10,17,19H,11-16H2,1-2H3. The van der Waals surface area contributed by atoms with Crippen LogP contribution in [-0.2, 0) is 9.59 Å². The number of hydrogen-bond acceptors (Lipinski definition) is 3. The van der Waals surface area contributed by atoms with Crippen molar-refractivity contribution in [1.29, 1.82) is 0 Å². The molecule has 2 aliphatic rings. The van der Waals surface area contributed by atoms with Crippen molar-refractivity contribution in [2.24, 2.45) is 5.92 Å². The number of aromatic nitrogens is 1. The predicted octanol–water partition coefficient (Wildman–Crippen LogP) is 2.02. The van der Waals surface area contributed by atoms with E-state index in [1.165, 1.54) is 0 Å². The molecule has 0 spiro atoms. The first-order chi connectivity index (χ1) is 14.4. The zero-order valence-corrected chi connectivity index (χ0v) is 17.5. The maximum atomic E-state index is 12.9. The first kappa shape index (κ1) is 20.2. The van der Waals surface area contributed by atoms with Gasteiger partial charge in [0.15, 0.2) is 0 Å². The Hall–Kier alpha value is -3.09. The summed E-state index contributed by atoms with van der Waals surface area (Å²) in [5.74, 6) is -0.179. The highest BCUT2D eigenvalue weighted by Crippen LogP contribution is 2.23. The smallest absolute Gasteiger partial charge is 0.253 e. The summed E-state index contributed by atoms with van der Waals surface area (Å²) in [6.07, 6.45) is 4.22. The quantitative estimate of drug-likeness (QED) is 0.778. The summed E-state index contributed by atoms with van der Waals surface area (Å²) in [6, 6.07) is 11.6. The fourth-order valence-corrected chi connectivity index (χ4v) is 4.25. The van der Waals surface area contributed by atoms with Crippen LogP contribution in [0, 0.1) is 5.92 Å². The number of carbonyl (C=O) groups is 3. The molecule has 0 aliphatic carbocycles. The van der Waals surface area contributed by atoms with E-state index in [0.29, 0.717) is 44.7 Å². The lowest BCUT2D eigenvalue weighted by molar-refractivity contribution is -0.137. The molecule has 2 saturated heterocycles. The maximum absolute atomic E-state index is 12.9. The van der Waals surface area contributed by atoms with Crippen LogP contribution in [0.1, 0.15) is 30.6 Å². The number of carbonyl (C=O) groups excluding carboxylic acids is 3. The molecule has 2 aromatic rings. The number of likely N-dealkylation sites (tertiary alicyclic amines) is 1. The van der Waals surface area contributed by atoms with Crippen LogP contribution in [0.4, 0.5) is 0 Å². The Bertz CT molecular complexity index is 912. The third-order valence-electron chi connectivity index (χ3n) is 6.03. The van der Waals surface area contributed by atoms with Crippen molar-refractivity contribution in [3.63, 3.8) is 0 Å². The Morgan fingerprint density at radius 2 is 1.53 bits per heavy atom. The molecule has 7 heteroatoms. The topological polar surface area (TPSA) is 65.9 Å². The molecule has 30 heavy (non-hydrogen) atoms. The molecule has 0 bridgehead atoms. The molecule has 2 aliphatic heterocycles. The second-order valence-electron chi connectivity index (χ2n) is 8.30. The Morgan fingerprint density at radius 1 is 0.933 bits per heavy atom. The van der Waals surface area contributed by atoms with Crippen LogP contribution in [0.3, 0.4) is 0 Å². The van der Waals surface area contributed by atoms with E-state index < -0.39 is 0 Å². The molecule has 0 radical (unpaired) electrons. The maximum Gasteiger partial charge on any atom is 0.253 e. The molecule has 0 N–H and O–H groups in total. The number of nitrogens with zero attached hydrogens (tertiary/aromatic N) is 4. The largest absolute Gasteiger partial charge is 0.339 e. The molecule has 1 unspecified atom stereocenters. The van der Waals surface area contributed by atoms with Gasteiger partial charge in [-0.3, -0.25) is 14.4 Å². The average Bonchev–Trinajstić information content (AvgIpc) is 3.43. The fourth-order valence-electron chi connectivity index (χ4n) is 4.25. The van der Waals surface area contributed by atoms with E-state index in [2.05, 4.69) is 0 Å². The first-order valence-electron chi connectivity index (χ1n) is 10.5. The second-order valence-corrected chi connectivity index (χ2v) is 8.30. The van der Waals surface area contributed by atoms with Crippen molar-refractivity contribution in [1.82, 2.24) is 19.3 Å².